The molecule has 2 aromatic rings. The first-order chi connectivity index (χ1) is 10.7. The van der Waals surface area contributed by atoms with Gasteiger partial charge in [0.1, 0.15) is 0 Å². The van der Waals surface area contributed by atoms with Gasteiger partial charge in [0, 0.05) is 45.1 Å². The summed E-state index contributed by atoms with van der Waals surface area (Å²) in [4.78, 5) is 12.8. The zero-order chi connectivity index (χ0) is 15.4. The van der Waals surface area contributed by atoms with Gasteiger partial charge in [0.15, 0.2) is 5.65 Å². The second kappa shape index (κ2) is 7.15. The molecule has 1 aliphatic heterocycles. The summed E-state index contributed by atoms with van der Waals surface area (Å²) in [5.41, 5.74) is 1.94. The number of likely N-dealkylation sites (N-methyl/N-ethyl adjacent to an activating group) is 1. The average molecular weight is 305 g/mol. The van der Waals surface area contributed by atoms with Crippen LogP contribution in [0.25, 0.3) is 5.65 Å². The molecule has 0 saturated carbocycles. The number of hydrogen-bond donors (Lipinski definition) is 1. The van der Waals surface area contributed by atoms with Gasteiger partial charge in [-0.15, -0.1) is 0 Å². The molecule has 1 aliphatic rings. The Kier molecular flexibility index (Phi) is 4.99. The molecule has 0 spiro atoms. The van der Waals surface area contributed by atoms with Gasteiger partial charge in [0.05, 0.1) is 37.4 Å². The highest BCUT2D eigenvalue weighted by Gasteiger charge is 2.16. The second-order valence-corrected chi connectivity index (χ2v) is 5.82. The van der Waals surface area contributed by atoms with Crippen LogP contribution in [0.3, 0.4) is 0 Å². The smallest absolute Gasteiger partial charge is 0.155 e. The van der Waals surface area contributed by atoms with E-state index in [0.717, 1.165) is 44.2 Å². The van der Waals surface area contributed by atoms with Gasteiger partial charge in [0.25, 0.3) is 0 Å². The van der Waals surface area contributed by atoms with Gasteiger partial charge in [-0.2, -0.15) is 0 Å². The maximum absolute atomic E-state index is 10.3. The van der Waals surface area contributed by atoms with Crippen molar-refractivity contribution in [2.24, 2.45) is 0 Å². The Bertz CT molecular complexity index is 596. The van der Waals surface area contributed by atoms with E-state index in [-0.39, 0.29) is 6.10 Å². The molecule has 3 rings (SSSR count). The molecule has 1 unspecified atom stereocenters. The maximum Gasteiger partial charge on any atom is 0.155 e. The SMILES string of the molecule is CN(Cc1cnc2cnccn12)CC(O)CN1CCOCC1. The van der Waals surface area contributed by atoms with Crippen molar-refractivity contribution in [2.75, 3.05) is 46.4 Å². The van der Waals surface area contributed by atoms with Crippen LogP contribution in [0.4, 0.5) is 0 Å². The zero-order valence-corrected chi connectivity index (χ0v) is 12.9. The summed E-state index contributed by atoms with van der Waals surface area (Å²) in [6.45, 7) is 5.41. The summed E-state index contributed by atoms with van der Waals surface area (Å²) < 4.78 is 7.35. The van der Waals surface area contributed by atoms with Crippen LogP contribution >= 0.6 is 0 Å². The molecule has 3 heterocycles. The standard InChI is InChI=1S/C15H23N5O2/c1-18(11-14(21)12-19-4-6-22-7-5-19)10-13-8-17-15-9-16-2-3-20(13)15/h2-3,8-9,14,21H,4-7,10-12H2,1H3. The first kappa shape index (κ1) is 15.4. The number of aromatic nitrogens is 3. The van der Waals surface area contributed by atoms with Crippen molar-refractivity contribution >= 4 is 5.65 Å². The Labute approximate surface area is 130 Å². The van der Waals surface area contributed by atoms with Crippen LogP contribution in [0.2, 0.25) is 0 Å². The molecular formula is C15H23N5O2. The number of aliphatic hydroxyl groups is 1. The van der Waals surface area contributed by atoms with Crippen molar-refractivity contribution in [3.05, 3.63) is 30.5 Å². The van der Waals surface area contributed by atoms with E-state index in [1.54, 1.807) is 12.4 Å². The average Bonchev–Trinajstić information content (AvgIpc) is 2.91. The Morgan fingerprint density at radius 3 is 3.00 bits per heavy atom. The normalized spacial score (nSPS) is 18.1. The highest BCUT2D eigenvalue weighted by molar-refractivity contribution is 5.36. The molecule has 0 aliphatic carbocycles. The monoisotopic (exact) mass is 305 g/mol. The first-order valence-electron chi connectivity index (χ1n) is 7.65. The van der Waals surface area contributed by atoms with Crippen molar-refractivity contribution in [1.82, 2.24) is 24.2 Å². The number of morpholine rings is 1. The molecule has 1 atom stereocenters. The first-order valence-corrected chi connectivity index (χ1v) is 7.65. The van der Waals surface area contributed by atoms with E-state index in [4.69, 9.17) is 4.74 Å². The van der Waals surface area contributed by atoms with E-state index in [1.807, 2.05) is 23.8 Å². The minimum Gasteiger partial charge on any atom is -0.390 e. The van der Waals surface area contributed by atoms with Crippen molar-refractivity contribution in [2.45, 2.75) is 12.6 Å². The molecule has 22 heavy (non-hydrogen) atoms. The van der Waals surface area contributed by atoms with Gasteiger partial charge in [-0.05, 0) is 7.05 Å². The van der Waals surface area contributed by atoms with E-state index in [2.05, 4.69) is 19.8 Å². The van der Waals surface area contributed by atoms with Crippen molar-refractivity contribution in [1.29, 1.82) is 0 Å². The van der Waals surface area contributed by atoms with Crippen molar-refractivity contribution < 1.29 is 9.84 Å². The molecular weight excluding hydrogens is 282 g/mol. The lowest BCUT2D eigenvalue weighted by molar-refractivity contribution is 0.00817. The molecule has 7 heteroatoms. The molecule has 1 saturated heterocycles. The van der Waals surface area contributed by atoms with E-state index < -0.39 is 0 Å². The van der Waals surface area contributed by atoms with Crippen LogP contribution in [-0.2, 0) is 11.3 Å². The lowest BCUT2D eigenvalue weighted by Gasteiger charge is -2.30. The Balaban J connectivity index is 1.52. The topological polar surface area (TPSA) is 66.1 Å². The van der Waals surface area contributed by atoms with Crippen LogP contribution in [0.5, 0.6) is 0 Å². The summed E-state index contributed by atoms with van der Waals surface area (Å²) in [5, 5.41) is 10.3. The Morgan fingerprint density at radius 1 is 1.36 bits per heavy atom. The highest BCUT2D eigenvalue weighted by Crippen LogP contribution is 2.08. The summed E-state index contributed by atoms with van der Waals surface area (Å²) >= 11 is 0. The van der Waals surface area contributed by atoms with Gasteiger partial charge >= 0.3 is 0 Å². The van der Waals surface area contributed by atoms with Gasteiger partial charge < -0.3 is 9.84 Å². The number of rotatable bonds is 6. The third kappa shape index (κ3) is 3.80. The molecule has 120 valence electrons. The zero-order valence-electron chi connectivity index (χ0n) is 12.9. The third-order valence-corrected chi connectivity index (χ3v) is 3.92. The van der Waals surface area contributed by atoms with Crippen molar-refractivity contribution in [3.8, 4) is 0 Å². The minimum absolute atomic E-state index is 0.357. The number of fused-ring (bicyclic) bond motifs is 1. The summed E-state index contributed by atoms with van der Waals surface area (Å²) in [5.74, 6) is 0. The molecule has 1 N–H and O–H groups in total. The van der Waals surface area contributed by atoms with Gasteiger partial charge in [-0.3, -0.25) is 19.2 Å². The van der Waals surface area contributed by atoms with Crippen LogP contribution < -0.4 is 0 Å². The summed E-state index contributed by atoms with van der Waals surface area (Å²) in [6, 6.07) is 0. The molecule has 0 aromatic carbocycles. The lowest BCUT2D eigenvalue weighted by atomic mass is 10.2. The minimum atomic E-state index is -0.357. The van der Waals surface area contributed by atoms with Crippen molar-refractivity contribution in [3.63, 3.8) is 0 Å². The number of β-amino-alcohol motifs (C(OH)–C–C–N with tert-alkyl or cyclic N) is 1. The summed E-state index contributed by atoms with van der Waals surface area (Å²) in [7, 11) is 2.02. The number of ether oxygens (including phenoxy) is 1. The predicted molar refractivity (Wildman–Crippen MR) is 82.6 cm³/mol. The Hall–Kier alpha value is -1.54. The van der Waals surface area contributed by atoms with E-state index in [1.165, 1.54) is 0 Å². The van der Waals surface area contributed by atoms with Gasteiger partial charge in [-0.25, -0.2) is 4.98 Å². The highest BCUT2D eigenvalue weighted by atomic mass is 16.5. The largest absolute Gasteiger partial charge is 0.390 e. The van der Waals surface area contributed by atoms with Crippen LogP contribution in [0, 0.1) is 0 Å². The summed E-state index contributed by atoms with van der Waals surface area (Å²) in [6.07, 6.45) is 6.92. The van der Waals surface area contributed by atoms with Gasteiger partial charge in [0.2, 0.25) is 0 Å². The van der Waals surface area contributed by atoms with E-state index in [9.17, 15) is 5.11 Å². The fourth-order valence-electron chi connectivity index (χ4n) is 2.85. The quantitative estimate of drug-likeness (QED) is 0.801. The van der Waals surface area contributed by atoms with Crippen LogP contribution in [-0.4, -0.2) is 81.8 Å². The van der Waals surface area contributed by atoms with Crippen LogP contribution in [0.1, 0.15) is 5.69 Å². The maximum atomic E-state index is 10.3. The molecule has 1 fully saturated rings. The number of hydrogen-bond acceptors (Lipinski definition) is 6. The number of nitrogens with zero attached hydrogens (tertiary/aromatic N) is 5. The predicted octanol–water partition coefficient (Wildman–Crippen LogP) is -0.146. The molecule has 0 amide bonds. The Morgan fingerprint density at radius 2 is 2.18 bits per heavy atom. The van der Waals surface area contributed by atoms with Gasteiger partial charge in [-0.1, -0.05) is 0 Å². The fraction of sp³-hybridized carbons (Fsp3) is 0.600. The third-order valence-electron chi connectivity index (χ3n) is 3.92. The van der Waals surface area contributed by atoms with E-state index >= 15 is 0 Å². The lowest BCUT2D eigenvalue weighted by Crippen LogP contribution is -2.44. The second-order valence-electron chi connectivity index (χ2n) is 5.82. The molecule has 7 nitrogen and oxygen atoms in total. The fourth-order valence-corrected chi connectivity index (χ4v) is 2.85. The number of imidazole rings is 1. The molecule has 0 radical (unpaired) electrons. The molecule has 2 aromatic heterocycles. The van der Waals surface area contributed by atoms with Crippen LogP contribution in [0.15, 0.2) is 24.8 Å². The van der Waals surface area contributed by atoms with E-state index in [0.29, 0.717) is 13.1 Å². The number of aliphatic hydroxyl groups excluding tert-OH is 1. The molecule has 0 bridgehead atoms.